The number of hydrogen-bond acceptors (Lipinski definition) is 2. The third-order valence-corrected chi connectivity index (χ3v) is 2.75. The van der Waals surface area contributed by atoms with E-state index in [9.17, 15) is 10.1 Å². The van der Waals surface area contributed by atoms with Gasteiger partial charge in [-0.2, -0.15) is 0 Å². The fourth-order valence-corrected chi connectivity index (χ4v) is 1.77. The Hall–Kier alpha value is -2.20. The second kappa shape index (κ2) is 5.93. The first-order valence-corrected chi connectivity index (χ1v) is 5.84. The van der Waals surface area contributed by atoms with Gasteiger partial charge in [0.1, 0.15) is 13.1 Å². The maximum Gasteiger partial charge on any atom is 0.269 e. The van der Waals surface area contributed by atoms with Crippen LogP contribution >= 0.6 is 0 Å². The molecule has 0 aliphatic heterocycles. The van der Waals surface area contributed by atoms with Gasteiger partial charge in [-0.3, -0.25) is 10.1 Å². The van der Waals surface area contributed by atoms with Crippen molar-refractivity contribution in [2.75, 3.05) is 0 Å². The fourth-order valence-electron chi connectivity index (χ4n) is 1.77. The van der Waals surface area contributed by atoms with Gasteiger partial charge < -0.3 is 5.32 Å². The van der Waals surface area contributed by atoms with Crippen LogP contribution in [-0.4, -0.2) is 4.92 Å². The molecule has 0 aromatic heterocycles. The van der Waals surface area contributed by atoms with E-state index >= 15 is 0 Å². The van der Waals surface area contributed by atoms with Gasteiger partial charge in [0.2, 0.25) is 0 Å². The van der Waals surface area contributed by atoms with Gasteiger partial charge in [0.25, 0.3) is 5.69 Å². The maximum absolute atomic E-state index is 10.5. The van der Waals surface area contributed by atoms with E-state index in [0.717, 1.165) is 18.7 Å². The lowest BCUT2D eigenvalue weighted by molar-refractivity contribution is -0.686. The third-order valence-electron chi connectivity index (χ3n) is 2.75. The molecule has 0 saturated carbocycles. The largest absolute Gasteiger partial charge is 0.339 e. The number of nitro benzene ring substituents is 1. The van der Waals surface area contributed by atoms with Crippen molar-refractivity contribution in [3.8, 4) is 0 Å². The molecule has 92 valence electrons. The molecule has 0 fully saturated rings. The highest BCUT2D eigenvalue weighted by atomic mass is 16.6. The molecule has 0 amide bonds. The Morgan fingerprint density at radius 1 is 0.889 bits per heavy atom. The maximum atomic E-state index is 10.5. The van der Waals surface area contributed by atoms with E-state index in [4.69, 9.17) is 0 Å². The number of nitro groups is 1. The molecule has 18 heavy (non-hydrogen) atoms. The van der Waals surface area contributed by atoms with Crippen LogP contribution in [0.25, 0.3) is 0 Å². The predicted octanol–water partition coefficient (Wildman–Crippen LogP) is 1.86. The number of hydrogen-bond donors (Lipinski definition) is 1. The van der Waals surface area contributed by atoms with Gasteiger partial charge in [-0.05, 0) is 12.1 Å². The number of benzene rings is 2. The van der Waals surface area contributed by atoms with E-state index in [-0.39, 0.29) is 10.6 Å². The van der Waals surface area contributed by atoms with Crippen molar-refractivity contribution in [2.45, 2.75) is 13.1 Å². The summed E-state index contributed by atoms with van der Waals surface area (Å²) in [7, 11) is 0. The second-order valence-electron chi connectivity index (χ2n) is 4.11. The van der Waals surface area contributed by atoms with Crippen molar-refractivity contribution in [3.05, 3.63) is 75.8 Å². The number of nitrogens with zero attached hydrogens (tertiary/aromatic N) is 1. The lowest BCUT2D eigenvalue weighted by Gasteiger charge is -2.02. The molecule has 0 aliphatic carbocycles. The molecule has 2 aromatic rings. The lowest BCUT2D eigenvalue weighted by atomic mass is 10.2. The monoisotopic (exact) mass is 243 g/mol. The first kappa shape index (κ1) is 12.3. The minimum atomic E-state index is -0.378. The van der Waals surface area contributed by atoms with Crippen LogP contribution in [0.4, 0.5) is 5.69 Å². The minimum Gasteiger partial charge on any atom is -0.339 e. The molecule has 4 heteroatoms. The van der Waals surface area contributed by atoms with Gasteiger partial charge in [0.15, 0.2) is 0 Å². The first-order chi connectivity index (χ1) is 8.75. The molecule has 2 N–H and O–H groups in total. The summed E-state index contributed by atoms with van der Waals surface area (Å²) in [5.74, 6) is 0. The number of rotatable bonds is 5. The van der Waals surface area contributed by atoms with Crippen LogP contribution in [0, 0.1) is 10.1 Å². The summed E-state index contributed by atoms with van der Waals surface area (Å²) in [4.78, 5) is 10.1. The Morgan fingerprint density at radius 2 is 1.44 bits per heavy atom. The van der Waals surface area contributed by atoms with Crippen molar-refractivity contribution >= 4 is 5.69 Å². The highest BCUT2D eigenvalue weighted by Crippen LogP contribution is 2.10. The average Bonchev–Trinajstić information content (AvgIpc) is 2.40. The molecule has 0 radical (unpaired) electrons. The smallest absolute Gasteiger partial charge is 0.269 e. The minimum absolute atomic E-state index is 0.141. The Kier molecular flexibility index (Phi) is 4.04. The number of nitrogens with two attached hydrogens (primary N) is 1. The van der Waals surface area contributed by atoms with Crippen molar-refractivity contribution in [1.29, 1.82) is 0 Å². The van der Waals surface area contributed by atoms with Gasteiger partial charge in [-0.1, -0.05) is 30.3 Å². The van der Waals surface area contributed by atoms with Gasteiger partial charge in [0, 0.05) is 23.3 Å². The Bertz CT molecular complexity index is 509. The van der Waals surface area contributed by atoms with Crippen LogP contribution in [-0.2, 0) is 13.1 Å². The standard InChI is InChI=1S/C14H14N2O2/c17-16(18)14-8-6-13(7-9-14)11-15-10-12-4-2-1-3-5-12/h1-9,15H,10-11H2/p+1. The summed E-state index contributed by atoms with van der Waals surface area (Å²) in [6.07, 6.45) is 0. The van der Waals surface area contributed by atoms with E-state index in [1.165, 1.54) is 5.56 Å². The highest BCUT2D eigenvalue weighted by Gasteiger charge is 2.04. The average molecular weight is 243 g/mol. The number of quaternary nitrogens is 1. The van der Waals surface area contributed by atoms with Crippen LogP contribution in [0.3, 0.4) is 0 Å². The van der Waals surface area contributed by atoms with Gasteiger partial charge in [-0.15, -0.1) is 0 Å². The topological polar surface area (TPSA) is 59.8 Å². The normalized spacial score (nSPS) is 10.2. The Balaban J connectivity index is 1.85. The molecule has 0 heterocycles. The molecular weight excluding hydrogens is 228 g/mol. The van der Waals surface area contributed by atoms with E-state index in [0.29, 0.717) is 0 Å². The molecule has 4 nitrogen and oxygen atoms in total. The van der Waals surface area contributed by atoms with Crippen molar-refractivity contribution in [1.82, 2.24) is 0 Å². The highest BCUT2D eigenvalue weighted by molar-refractivity contribution is 5.32. The van der Waals surface area contributed by atoms with Gasteiger partial charge in [-0.25, -0.2) is 0 Å². The van der Waals surface area contributed by atoms with E-state index in [1.807, 2.05) is 18.2 Å². The summed E-state index contributed by atoms with van der Waals surface area (Å²) in [6.45, 7) is 1.74. The zero-order valence-corrected chi connectivity index (χ0v) is 9.95. The predicted molar refractivity (Wildman–Crippen MR) is 68.9 cm³/mol. The molecule has 2 rings (SSSR count). The summed E-state index contributed by atoms with van der Waals surface area (Å²) in [5, 5.41) is 12.7. The summed E-state index contributed by atoms with van der Waals surface area (Å²) >= 11 is 0. The Labute approximate surface area is 105 Å². The van der Waals surface area contributed by atoms with Crippen molar-refractivity contribution in [2.24, 2.45) is 0 Å². The summed E-state index contributed by atoms with van der Waals surface area (Å²) < 4.78 is 0. The molecular formula is C14H15N2O2+. The molecule has 0 atom stereocenters. The van der Waals surface area contributed by atoms with Gasteiger partial charge in [0.05, 0.1) is 4.92 Å². The quantitative estimate of drug-likeness (QED) is 0.643. The zero-order chi connectivity index (χ0) is 12.8. The lowest BCUT2D eigenvalue weighted by Crippen LogP contribution is -2.80. The van der Waals surface area contributed by atoms with Crippen LogP contribution in [0.2, 0.25) is 0 Å². The molecule has 0 spiro atoms. The fraction of sp³-hybridized carbons (Fsp3) is 0.143. The SMILES string of the molecule is O=[N+]([O-])c1ccc(C[NH2+]Cc2ccccc2)cc1. The molecule has 0 unspecified atom stereocenters. The van der Waals surface area contributed by atoms with Crippen molar-refractivity contribution < 1.29 is 10.2 Å². The van der Waals surface area contributed by atoms with Crippen LogP contribution in [0.5, 0.6) is 0 Å². The van der Waals surface area contributed by atoms with Crippen molar-refractivity contribution in [3.63, 3.8) is 0 Å². The molecule has 0 aliphatic rings. The number of non-ortho nitro benzene ring substituents is 1. The third kappa shape index (κ3) is 3.40. The second-order valence-corrected chi connectivity index (χ2v) is 4.11. The Morgan fingerprint density at radius 3 is 2.00 bits per heavy atom. The van der Waals surface area contributed by atoms with Crippen LogP contribution in [0.15, 0.2) is 54.6 Å². The van der Waals surface area contributed by atoms with E-state index < -0.39 is 0 Å². The summed E-state index contributed by atoms with van der Waals surface area (Å²) in [6, 6.07) is 16.9. The molecule has 0 bridgehead atoms. The van der Waals surface area contributed by atoms with E-state index in [2.05, 4.69) is 17.4 Å². The molecule has 0 saturated heterocycles. The summed E-state index contributed by atoms with van der Waals surface area (Å²) in [5.41, 5.74) is 2.51. The van der Waals surface area contributed by atoms with Gasteiger partial charge >= 0.3 is 0 Å². The van der Waals surface area contributed by atoms with Crippen LogP contribution < -0.4 is 5.32 Å². The first-order valence-electron chi connectivity index (χ1n) is 5.84. The van der Waals surface area contributed by atoms with E-state index in [1.54, 1.807) is 24.3 Å². The van der Waals surface area contributed by atoms with Crippen LogP contribution in [0.1, 0.15) is 11.1 Å². The zero-order valence-electron chi connectivity index (χ0n) is 9.95. The molecule has 2 aromatic carbocycles.